The van der Waals surface area contributed by atoms with Crippen LogP contribution in [-0.4, -0.2) is 41.0 Å². The van der Waals surface area contributed by atoms with Crippen LogP contribution in [0.1, 0.15) is 23.6 Å². The van der Waals surface area contributed by atoms with Gasteiger partial charge in [0.25, 0.3) is 5.91 Å². The van der Waals surface area contributed by atoms with Crippen LogP contribution in [-0.2, 0) is 9.59 Å². The summed E-state index contributed by atoms with van der Waals surface area (Å²) in [6, 6.07) is 11.4. The Labute approximate surface area is 167 Å². The van der Waals surface area contributed by atoms with Crippen LogP contribution >= 0.6 is 11.6 Å². The number of rotatable bonds is 2. The van der Waals surface area contributed by atoms with Gasteiger partial charge >= 0.3 is 0 Å². The number of hydrogen-bond acceptors (Lipinski definition) is 4. The molecule has 3 atom stereocenters. The molecule has 3 aliphatic rings. The minimum Gasteiger partial charge on any atom is -0.274 e. The third-order valence-corrected chi connectivity index (χ3v) is 6.29. The van der Waals surface area contributed by atoms with Crippen LogP contribution in [0.25, 0.3) is 0 Å². The van der Waals surface area contributed by atoms with E-state index in [1.54, 1.807) is 0 Å². The largest absolute Gasteiger partial charge is 0.274 e. The van der Waals surface area contributed by atoms with E-state index < -0.39 is 17.8 Å². The standard InChI is InChI=1S/C21H19ClFN3O2/c1-12-3-5-13(6-4-12)18-17-19(25-10-2-9-24(18)25)21(28)26(20(17)27)14-7-8-15(22)16(23)11-14/h3-8,11,17-19H,2,9-10H2,1H3. The van der Waals surface area contributed by atoms with Crippen molar-refractivity contribution in [3.05, 3.63) is 64.4 Å². The lowest BCUT2D eigenvalue weighted by Crippen LogP contribution is -2.44. The molecule has 0 aliphatic carbocycles. The van der Waals surface area contributed by atoms with Crippen LogP contribution in [0, 0.1) is 18.7 Å². The molecule has 2 aromatic rings. The molecule has 0 saturated carbocycles. The first-order chi connectivity index (χ1) is 13.5. The average molecular weight is 400 g/mol. The summed E-state index contributed by atoms with van der Waals surface area (Å²) >= 11 is 5.77. The summed E-state index contributed by atoms with van der Waals surface area (Å²) in [4.78, 5) is 27.8. The maximum atomic E-state index is 14.0. The van der Waals surface area contributed by atoms with Crippen molar-refractivity contribution in [1.29, 1.82) is 0 Å². The molecule has 3 heterocycles. The van der Waals surface area contributed by atoms with Crippen molar-refractivity contribution >= 4 is 29.1 Å². The molecule has 0 bridgehead atoms. The van der Waals surface area contributed by atoms with Crippen LogP contribution in [0.2, 0.25) is 5.02 Å². The number of halogens is 2. The number of fused-ring (bicyclic) bond motifs is 3. The van der Waals surface area contributed by atoms with Crippen LogP contribution in [0.4, 0.5) is 10.1 Å². The van der Waals surface area contributed by atoms with Crippen molar-refractivity contribution in [1.82, 2.24) is 10.0 Å². The molecule has 3 fully saturated rings. The van der Waals surface area contributed by atoms with E-state index in [4.69, 9.17) is 11.6 Å². The lowest BCUT2D eigenvalue weighted by molar-refractivity contribution is -0.126. The predicted molar refractivity (Wildman–Crippen MR) is 103 cm³/mol. The second-order valence-corrected chi connectivity index (χ2v) is 8.02. The highest BCUT2D eigenvalue weighted by atomic mass is 35.5. The van der Waals surface area contributed by atoms with E-state index >= 15 is 0 Å². The second kappa shape index (κ2) is 6.37. The number of amides is 2. The molecule has 5 nitrogen and oxygen atoms in total. The summed E-state index contributed by atoms with van der Waals surface area (Å²) in [6.45, 7) is 3.58. The lowest BCUT2D eigenvalue weighted by atomic mass is 9.89. The highest BCUT2D eigenvalue weighted by Crippen LogP contribution is 2.49. The zero-order valence-electron chi connectivity index (χ0n) is 15.3. The van der Waals surface area contributed by atoms with Crippen LogP contribution in [0.15, 0.2) is 42.5 Å². The first kappa shape index (κ1) is 17.8. The third-order valence-electron chi connectivity index (χ3n) is 5.99. The molecule has 3 unspecified atom stereocenters. The molecule has 0 radical (unpaired) electrons. The number of imide groups is 1. The van der Waals surface area contributed by atoms with Crippen molar-refractivity contribution in [2.24, 2.45) is 5.92 Å². The molecule has 3 aliphatic heterocycles. The van der Waals surface area contributed by atoms with Gasteiger partial charge in [-0.05, 0) is 37.1 Å². The minimum absolute atomic E-state index is 0.0358. The SMILES string of the molecule is Cc1ccc(C2C3C(=O)N(c4ccc(Cl)c(F)c4)C(=O)C3N3CCCN23)cc1. The highest BCUT2D eigenvalue weighted by molar-refractivity contribution is 6.31. The van der Waals surface area contributed by atoms with Crippen LogP contribution in [0.3, 0.4) is 0 Å². The molecule has 0 spiro atoms. The van der Waals surface area contributed by atoms with Crippen molar-refractivity contribution in [2.45, 2.75) is 25.4 Å². The van der Waals surface area contributed by atoms with Crippen molar-refractivity contribution in [2.75, 3.05) is 18.0 Å². The third kappa shape index (κ3) is 2.45. The molecule has 7 heteroatoms. The van der Waals surface area contributed by atoms with E-state index in [9.17, 15) is 14.0 Å². The molecule has 2 amide bonds. The summed E-state index contributed by atoms with van der Waals surface area (Å²) in [7, 11) is 0. The fraction of sp³-hybridized carbons (Fsp3) is 0.333. The maximum Gasteiger partial charge on any atom is 0.253 e. The Hall–Kier alpha value is -2.28. The van der Waals surface area contributed by atoms with Crippen LogP contribution in [0.5, 0.6) is 0 Å². The van der Waals surface area contributed by atoms with E-state index in [0.29, 0.717) is 0 Å². The van der Waals surface area contributed by atoms with Gasteiger partial charge in [0.05, 0.1) is 22.7 Å². The maximum absolute atomic E-state index is 14.0. The quantitative estimate of drug-likeness (QED) is 0.727. The van der Waals surface area contributed by atoms with Gasteiger partial charge in [0.2, 0.25) is 5.91 Å². The zero-order valence-corrected chi connectivity index (χ0v) is 16.1. The molecule has 3 saturated heterocycles. The van der Waals surface area contributed by atoms with Gasteiger partial charge in [-0.15, -0.1) is 0 Å². The van der Waals surface area contributed by atoms with Crippen molar-refractivity contribution in [3.8, 4) is 0 Å². The van der Waals surface area contributed by atoms with Gasteiger partial charge in [0, 0.05) is 13.1 Å². The second-order valence-electron chi connectivity index (χ2n) is 7.62. The number of anilines is 1. The Morgan fingerprint density at radius 2 is 1.64 bits per heavy atom. The predicted octanol–water partition coefficient (Wildman–Crippen LogP) is 3.32. The van der Waals surface area contributed by atoms with Crippen LogP contribution < -0.4 is 4.90 Å². The molecule has 0 N–H and O–H groups in total. The fourth-order valence-corrected chi connectivity index (χ4v) is 4.87. The van der Waals surface area contributed by atoms with E-state index in [2.05, 4.69) is 5.01 Å². The van der Waals surface area contributed by atoms with Gasteiger partial charge in [-0.2, -0.15) is 0 Å². The summed E-state index contributed by atoms with van der Waals surface area (Å²) in [5.41, 5.74) is 2.40. The number of carbonyl (C=O) groups excluding carboxylic acids is 2. The van der Waals surface area contributed by atoms with Crippen molar-refractivity contribution in [3.63, 3.8) is 0 Å². The van der Waals surface area contributed by atoms with Crippen molar-refractivity contribution < 1.29 is 14.0 Å². The van der Waals surface area contributed by atoms with E-state index in [-0.39, 0.29) is 28.6 Å². The Kier molecular flexibility index (Phi) is 4.05. The first-order valence-corrected chi connectivity index (χ1v) is 9.78. The Bertz CT molecular complexity index is 980. The number of nitrogens with zero attached hydrogens (tertiary/aromatic N) is 3. The van der Waals surface area contributed by atoms with E-state index in [1.165, 1.54) is 12.1 Å². The van der Waals surface area contributed by atoms with Gasteiger partial charge in [-0.1, -0.05) is 41.4 Å². The summed E-state index contributed by atoms with van der Waals surface area (Å²) in [5, 5.41) is 4.16. The number of hydrazine groups is 1. The zero-order chi connectivity index (χ0) is 19.6. The number of aryl methyl sites for hydroxylation is 1. The monoisotopic (exact) mass is 399 g/mol. The Morgan fingerprint density at radius 1 is 0.964 bits per heavy atom. The van der Waals surface area contributed by atoms with E-state index in [1.807, 2.05) is 36.2 Å². The molecule has 0 aromatic heterocycles. The van der Waals surface area contributed by atoms with Gasteiger partial charge in [0.1, 0.15) is 11.9 Å². The summed E-state index contributed by atoms with van der Waals surface area (Å²) < 4.78 is 14.0. The summed E-state index contributed by atoms with van der Waals surface area (Å²) in [5.74, 6) is -1.72. The smallest absolute Gasteiger partial charge is 0.253 e. The highest BCUT2D eigenvalue weighted by Gasteiger charge is 2.62. The van der Waals surface area contributed by atoms with E-state index in [0.717, 1.165) is 41.6 Å². The normalized spacial score (nSPS) is 27.5. The molecular formula is C21H19ClFN3O2. The Balaban J connectivity index is 1.58. The minimum atomic E-state index is -0.644. The van der Waals surface area contributed by atoms with Gasteiger partial charge in [-0.25, -0.2) is 19.3 Å². The van der Waals surface area contributed by atoms with Gasteiger partial charge in [-0.3, -0.25) is 9.59 Å². The number of hydrogen-bond donors (Lipinski definition) is 0. The first-order valence-electron chi connectivity index (χ1n) is 9.40. The molecule has 2 aromatic carbocycles. The number of benzene rings is 2. The molecule has 28 heavy (non-hydrogen) atoms. The fourth-order valence-electron chi connectivity index (χ4n) is 4.76. The molecule has 5 rings (SSSR count). The molecule has 144 valence electrons. The Morgan fingerprint density at radius 3 is 2.32 bits per heavy atom. The van der Waals surface area contributed by atoms with Gasteiger partial charge < -0.3 is 0 Å². The molecular weight excluding hydrogens is 381 g/mol. The topological polar surface area (TPSA) is 43.9 Å². The summed E-state index contributed by atoms with van der Waals surface area (Å²) in [6.07, 6.45) is 0.947. The number of carbonyl (C=O) groups is 2. The average Bonchev–Trinajstić information content (AvgIpc) is 3.31. The lowest BCUT2D eigenvalue weighted by Gasteiger charge is -2.29. The van der Waals surface area contributed by atoms with Gasteiger partial charge in [0.15, 0.2) is 0 Å².